The van der Waals surface area contributed by atoms with E-state index < -0.39 is 0 Å². The van der Waals surface area contributed by atoms with Crippen LogP contribution in [-0.4, -0.2) is 0 Å². The van der Waals surface area contributed by atoms with Gasteiger partial charge in [-0.2, -0.15) is 0 Å². The summed E-state index contributed by atoms with van der Waals surface area (Å²) in [4.78, 5) is 0. The highest BCUT2D eigenvalue weighted by Crippen LogP contribution is 2.36. The summed E-state index contributed by atoms with van der Waals surface area (Å²) < 4.78 is 2.71. The molecule has 0 saturated carbocycles. The second kappa shape index (κ2) is 5.87. The summed E-state index contributed by atoms with van der Waals surface area (Å²) >= 11 is 1.88. The molecule has 0 amide bonds. The second-order valence-corrected chi connectivity index (χ2v) is 7.28. The van der Waals surface area contributed by atoms with Crippen molar-refractivity contribution in [2.75, 3.05) is 0 Å². The smallest absolute Gasteiger partial charge is 0.0427 e. The van der Waals surface area contributed by atoms with Crippen LogP contribution in [0.25, 0.3) is 43.1 Å². The van der Waals surface area contributed by atoms with Crippen molar-refractivity contribution in [1.82, 2.24) is 0 Å². The summed E-state index contributed by atoms with van der Waals surface area (Å²) in [5.74, 6) is 0. The SMILES string of the molecule is C(=C\c1cccc2c1sc1ccccc12)/c1cccc2ccccc12. The first-order chi connectivity index (χ1) is 12.4. The van der Waals surface area contributed by atoms with Crippen molar-refractivity contribution in [2.45, 2.75) is 0 Å². The standard InChI is InChI=1S/C24H16S/c1-2-11-20-17(7-1)8-5-9-18(20)15-16-19-10-6-13-22-21-12-3-4-14-23(21)25-24(19)22/h1-16H/b16-15+. The fraction of sp³-hybridized carbons (Fsp3) is 0. The first-order valence-corrected chi connectivity index (χ1v) is 9.28. The molecule has 1 heteroatoms. The molecular weight excluding hydrogens is 320 g/mol. The first-order valence-electron chi connectivity index (χ1n) is 8.46. The van der Waals surface area contributed by atoms with Crippen LogP contribution in [0.1, 0.15) is 11.1 Å². The maximum Gasteiger partial charge on any atom is 0.0427 e. The Hall–Kier alpha value is -2.90. The third-order valence-corrected chi connectivity index (χ3v) is 5.94. The van der Waals surface area contributed by atoms with E-state index in [4.69, 9.17) is 0 Å². The summed E-state index contributed by atoms with van der Waals surface area (Å²) in [7, 11) is 0. The predicted molar refractivity (Wildman–Crippen MR) is 112 cm³/mol. The van der Waals surface area contributed by atoms with Gasteiger partial charge >= 0.3 is 0 Å². The molecule has 5 aromatic rings. The molecule has 0 N–H and O–H groups in total. The van der Waals surface area contributed by atoms with E-state index in [1.165, 1.54) is 42.1 Å². The number of hydrogen-bond acceptors (Lipinski definition) is 1. The second-order valence-electron chi connectivity index (χ2n) is 6.22. The number of rotatable bonds is 2. The third kappa shape index (κ3) is 2.45. The number of fused-ring (bicyclic) bond motifs is 4. The van der Waals surface area contributed by atoms with Crippen molar-refractivity contribution in [3.05, 3.63) is 96.1 Å². The zero-order chi connectivity index (χ0) is 16.6. The number of thiophene rings is 1. The molecule has 5 rings (SSSR count). The summed E-state index contributed by atoms with van der Waals surface area (Å²) in [6, 6.07) is 30.3. The van der Waals surface area contributed by atoms with Crippen molar-refractivity contribution < 1.29 is 0 Å². The number of benzene rings is 4. The van der Waals surface area contributed by atoms with Gasteiger partial charge in [0.2, 0.25) is 0 Å². The molecule has 0 atom stereocenters. The number of hydrogen-bond donors (Lipinski definition) is 0. The molecule has 1 aromatic heterocycles. The molecule has 0 radical (unpaired) electrons. The van der Waals surface area contributed by atoms with Crippen molar-refractivity contribution in [1.29, 1.82) is 0 Å². The fourth-order valence-corrected chi connectivity index (χ4v) is 4.67. The molecule has 25 heavy (non-hydrogen) atoms. The molecule has 0 fully saturated rings. The van der Waals surface area contributed by atoms with Gasteiger partial charge in [-0.3, -0.25) is 0 Å². The quantitative estimate of drug-likeness (QED) is 0.295. The van der Waals surface area contributed by atoms with Gasteiger partial charge in [-0.25, -0.2) is 0 Å². The van der Waals surface area contributed by atoms with E-state index in [9.17, 15) is 0 Å². The molecule has 0 aliphatic carbocycles. The Morgan fingerprint density at radius 2 is 1.16 bits per heavy atom. The largest absolute Gasteiger partial charge is 0.135 e. The van der Waals surface area contributed by atoms with Crippen LogP contribution >= 0.6 is 11.3 Å². The van der Waals surface area contributed by atoms with Crippen LogP contribution in [0.3, 0.4) is 0 Å². The summed E-state index contributed by atoms with van der Waals surface area (Å²) in [5.41, 5.74) is 2.54. The third-order valence-electron chi connectivity index (χ3n) is 4.70. The molecule has 0 bridgehead atoms. The Kier molecular flexibility index (Phi) is 3.39. The van der Waals surface area contributed by atoms with E-state index in [0.29, 0.717) is 0 Å². The average Bonchev–Trinajstić information content (AvgIpc) is 3.06. The van der Waals surface area contributed by atoms with Crippen molar-refractivity contribution >= 4 is 54.4 Å². The fourth-order valence-electron chi connectivity index (χ4n) is 3.48. The summed E-state index contributed by atoms with van der Waals surface area (Å²) in [6.07, 6.45) is 4.49. The maximum atomic E-state index is 2.25. The summed E-state index contributed by atoms with van der Waals surface area (Å²) in [6.45, 7) is 0. The first kappa shape index (κ1) is 14.4. The lowest BCUT2D eigenvalue weighted by Gasteiger charge is -2.02. The van der Waals surface area contributed by atoms with Crippen molar-refractivity contribution in [3.63, 3.8) is 0 Å². The molecule has 0 saturated heterocycles. The molecule has 0 spiro atoms. The monoisotopic (exact) mass is 336 g/mol. The van der Waals surface area contributed by atoms with Crippen LogP contribution < -0.4 is 0 Å². The lowest BCUT2D eigenvalue weighted by atomic mass is 10.0. The van der Waals surface area contributed by atoms with Gasteiger partial charge in [0.15, 0.2) is 0 Å². The molecule has 0 nitrogen and oxygen atoms in total. The molecule has 118 valence electrons. The lowest BCUT2D eigenvalue weighted by Crippen LogP contribution is -1.78. The van der Waals surface area contributed by atoms with E-state index in [1.807, 2.05) is 11.3 Å². The van der Waals surface area contributed by atoms with Gasteiger partial charge < -0.3 is 0 Å². The van der Waals surface area contributed by atoms with E-state index >= 15 is 0 Å². The van der Waals surface area contributed by atoms with Crippen molar-refractivity contribution in [2.24, 2.45) is 0 Å². The topological polar surface area (TPSA) is 0 Å². The summed E-state index contributed by atoms with van der Waals surface area (Å²) in [5, 5.41) is 5.28. The van der Waals surface area contributed by atoms with Crippen LogP contribution in [0.4, 0.5) is 0 Å². The lowest BCUT2D eigenvalue weighted by molar-refractivity contribution is 1.71. The van der Waals surface area contributed by atoms with Gasteiger partial charge in [0, 0.05) is 20.2 Å². The molecular formula is C24H16S. The van der Waals surface area contributed by atoms with E-state index in [0.717, 1.165) is 0 Å². The van der Waals surface area contributed by atoms with Crippen LogP contribution in [-0.2, 0) is 0 Å². The highest BCUT2D eigenvalue weighted by atomic mass is 32.1. The Labute approximate surface area is 150 Å². The Bertz CT molecular complexity index is 1240. The van der Waals surface area contributed by atoms with E-state index in [2.05, 4.69) is 97.1 Å². The minimum Gasteiger partial charge on any atom is -0.135 e. The molecule has 0 aliphatic rings. The highest BCUT2D eigenvalue weighted by Gasteiger charge is 2.06. The minimum absolute atomic E-state index is 1.26. The van der Waals surface area contributed by atoms with Gasteiger partial charge in [0.1, 0.15) is 0 Å². The molecule has 1 heterocycles. The van der Waals surface area contributed by atoms with Crippen LogP contribution in [0, 0.1) is 0 Å². The van der Waals surface area contributed by atoms with Gasteiger partial charge in [-0.05, 0) is 28.0 Å². The minimum atomic E-state index is 1.26. The normalized spacial score (nSPS) is 11.8. The zero-order valence-corrected chi connectivity index (χ0v) is 14.5. The Morgan fingerprint density at radius 1 is 0.520 bits per heavy atom. The molecule has 0 unspecified atom stereocenters. The molecule has 4 aromatic carbocycles. The highest BCUT2D eigenvalue weighted by molar-refractivity contribution is 7.26. The van der Waals surface area contributed by atoms with Crippen LogP contribution in [0.2, 0.25) is 0 Å². The van der Waals surface area contributed by atoms with Crippen LogP contribution in [0.15, 0.2) is 84.9 Å². The van der Waals surface area contributed by atoms with Gasteiger partial charge in [0.05, 0.1) is 0 Å². The maximum absolute atomic E-state index is 2.25. The zero-order valence-electron chi connectivity index (χ0n) is 13.6. The van der Waals surface area contributed by atoms with Gasteiger partial charge in [0.25, 0.3) is 0 Å². The van der Waals surface area contributed by atoms with Gasteiger partial charge in [-0.1, -0.05) is 91.0 Å². The Morgan fingerprint density at radius 3 is 2.12 bits per heavy atom. The van der Waals surface area contributed by atoms with E-state index in [1.54, 1.807) is 0 Å². The Balaban J connectivity index is 1.67. The predicted octanol–water partition coefficient (Wildman–Crippen LogP) is 7.38. The molecule has 0 aliphatic heterocycles. The van der Waals surface area contributed by atoms with Crippen molar-refractivity contribution in [3.8, 4) is 0 Å². The van der Waals surface area contributed by atoms with E-state index in [-0.39, 0.29) is 0 Å². The van der Waals surface area contributed by atoms with Crippen LogP contribution in [0.5, 0.6) is 0 Å². The average molecular weight is 336 g/mol. The van der Waals surface area contributed by atoms with Gasteiger partial charge in [-0.15, -0.1) is 11.3 Å².